The highest BCUT2D eigenvalue weighted by Crippen LogP contribution is 2.28. The molecular formula is C12H19N3O4. The molecule has 0 aromatic heterocycles. The number of amides is 3. The number of rotatable bonds is 2. The van der Waals surface area contributed by atoms with Crippen LogP contribution in [0.25, 0.3) is 0 Å². The molecule has 2 heterocycles. The summed E-state index contributed by atoms with van der Waals surface area (Å²) in [5.74, 6) is -1.08. The summed E-state index contributed by atoms with van der Waals surface area (Å²) in [6, 6.07) is -0.647. The molecule has 0 aromatic rings. The molecule has 3 amide bonds. The number of carboxylic acid groups (broad SMARTS) is 1. The zero-order valence-corrected chi connectivity index (χ0v) is 10.9. The van der Waals surface area contributed by atoms with Crippen molar-refractivity contribution >= 4 is 17.9 Å². The van der Waals surface area contributed by atoms with Crippen LogP contribution in [0.4, 0.5) is 4.79 Å². The average molecular weight is 269 g/mol. The Balaban J connectivity index is 2.03. The summed E-state index contributed by atoms with van der Waals surface area (Å²) in [5.41, 5.74) is -1.15. The maximum Gasteiger partial charge on any atom is 0.329 e. The summed E-state index contributed by atoms with van der Waals surface area (Å²) in [6.07, 6.45) is 2.31. The third kappa shape index (κ3) is 2.64. The summed E-state index contributed by atoms with van der Waals surface area (Å²) >= 11 is 0. The van der Waals surface area contributed by atoms with Gasteiger partial charge in [0.15, 0.2) is 0 Å². The molecule has 0 bridgehead atoms. The first-order valence-electron chi connectivity index (χ1n) is 6.52. The number of carboxylic acids is 1. The Morgan fingerprint density at radius 1 is 1.47 bits per heavy atom. The third-order valence-electron chi connectivity index (χ3n) is 3.90. The number of piperidine rings is 1. The quantitative estimate of drug-likeness (QED) is 0.652. The molecule has 2 atom stereocenters. The van der Waals surface area contributed by atoms with E-state index in [1.54, 1.807) is 6.92 Å². The van der Waals surface area contributed by atoms with Crippen LogP contribution in [0, 0.1) is 0 Å². The Hall–Kier alpha value is -1.79. The van der Waals surface area contributed by atoms with E-state index in [0.29, 0.717) is 19.5 Å². The number of urea groups is 1. The van der Waals surface area contributed by atoms with Crippen molar-refractivity contribution in [3.05, 3.63) is 0 Å². The number of carbonyl (C=O) groups is 3. The summed E-state index contributed by atoms with van der Waals surface area (Å²) in [6.45, 7) is 2.41. The predicted octanol–water partition coefficient (Wildman–Crippen LogP) is -0.0863. The van der Waals surface area contributed by atoms with E-state index in [9.17, 15) is 19.5 Å². The van der Waals surface area contributed by atoms with Crippen LogP contribution in [0.3, 0.4) is 0 Å². The highest BCUT2D eigenvalue weighted by Gasteiger charge is 2.44. The fourth-order valence-electron chi connectivity index (χ4n) is 2.63. The molecule has 0 saturated carbocycles. The van der Waals surface area contributed by atoms with Crippen LogP contribution < -0.4 is 10.6 Å². The summed E-state index contributed by atoms with van der Waals surface area (Å²) in [5, 5.41) is 14.7. The molecule has 2 fully saturated rings. The minimum absolute atomic E-state index is 0.0926. The van der Waals surface area contributed by atoms with E-state index in [1.807, 2.05) is 0 Å². The molecule has 7 nitrogen and oxygen atoms in total. The third-order valence-corrected chi connectivity index (χ3v) is 3.90. The lowest BCUT2D eigenvalue weighted by Gasteiger charge is -2.41. The van der Waals surface area contributed by atoms with E-state index in [4.69, 9.17) is 0 Å². The fraction of sp³-hybridized carbons (Fsp3) is 0.750. The van der Waals surface area contributed by atoms with E-state index < -0.39 is 17.5 Å². The van der Waals surface area contributed by atoms with E-state index in [2.05, 4.69) is 10.6 Å². The topological polar surface area (TPSA) is 98.7 Å². The molecule has 0 spiro atoms. The van der Waals surface area contributed by atoms with E-state index in [0.717, 1.165) is 12.8 Å². The number of hydrogen-bond acceptors (Lipinski definition) is 3. The predicted molar refractivity (Wildman–Crippen MR) is 66.5 cm³/mol. The smallest absolute Gasteiger partial charge is 0.329 e. The first-order valence-corrected chi connectivity index (χ1v) is 6.52. The summed E-state index contributed by atoms with van der Waals surface area (Å²) < 4.78 is 0. The molecule has 19 heavy (non-hydrogen) atoms. The van der Waals surface area contributed by atoms with Crippen LogP contribution >= 0.6 is 0 Å². The van der Waals surface area contributed by atoms with Crippen LogP contribution in [0.2, 0.25) is 0 Å². The SMILES string of the molecule is CC1(C(=O)O)CCCCN1C(=O)NC1CNC(=O)C1. The normalized spacial score (nSPS) is 30.9. The fourth-order valence-corrected chi connectivity index (χ4v) is 2.63. The van der Waals surface area contributed by atoms with Gasteiger partial charge in [-0.15, -0.1) is 0 Å². The molecule has 2 unspecified atom stereocenters. The van der Waals surface area contributed by atoms with Gasteiger partial charge in [0.25, 0.3) is 0 Å². The molecule has 0 radical (unpaired) electrons. The van der Waals surface area contributed by atoms with Crippen molar-refractivity contribution in [1.82, 2.24) is 15.5 Å². The zero-order valence-electron chi connectivity index (χ0n) is 10.9. The molecular weight excluding hydrogens is 250 g/mol. The first-order chi connectivity index (χ1) is 8.93. The van der Waals surface area contributed by atoms with Gasteiger partial charge in [0.2, 0.25) is 5.91 Å². The maximum atomic E-state index is 12.2. The van der Waals surface area contributed by atoms with E-state index in [-0.39, 0.29) is 18.4 Å². The summed E-state index contributed by atoms with van der Waals surface area (Å²) in [4.78, 5) is 36.0. The van der Waals surface area contributed by atoms with Crippen LogP contribution in [-0.4, -0.2) is 52.6 Å². The van der Waals surface area contributed by atoms with Crippen molar-refractivity contribution in [3.63, 3.8) is 0 Å². The lowest BCUT2D eigenvalue weighted by atomic mass is 9.89. The molecule has 0 aliphatic carbocycles. The standard InChI is InChI=1S/C12H19N3O4/c1-12(10(17)18)4-2-3-5-15(12)11(19)14-8-6-9(16)13-7-8/h8H,2-7H2,1H3,(H,13,16)(H,14,19)(H,17,18). The average Bonchev–Trinajstić information content (AvgIpc) is 2.75. The van der Waals surface area contributed by atoms with Crippen molar-refractivity contribution < 1.29 is 19.5 Å². The van der Waals surface area contributed by atoms with Crippen molar-refractivity contribution in [2.45, 2.75) is 44.2 Å². The summed E-state index contributed by atoms with van der Waals surface area (Å²) in [7, 11) is 0. The second kappa shape index (κ2) is 5.07. The first kappa shape index (κ1) is 13.6. The minimum Gasteiger partial charge on any atom is -0.480 e. The number of likely N-dealkylation sites (tertiary alicyclic amines) is 1. The van der Waals surface area contributed by atoms with E-state index in [1.165, 1.54) is 4.90 Å². The van der Waals surface area contributed by atoms with Crippen LogP contribution in [0.1, 0.15) is 32.6 Å². The Labute approximate surface area is 111 Å². The van der Waals surface area contributed by atoms with Gasteiger partial charge in [0, 0.05) is 19.5 Å². The molecule has 7 heteroatoms. The van der Waals surface area contributed by atoms with Gasteiger partial charge in [-0.25, -0.2) is 9.59 Å². The monoisotopic (exact) mass is 269 g/mol. The Morgan fingerprint density at radius 3 is 2.79 bits per heavy atom. The second-order valence-electron chi connectivity index (χ2n) is 5.34. The van der Waals surface area contributed by atoms with Crippen LogP contribution in [-0.2, 0) is 9.59 Å². The van der Waals surface area contributed by atoms with E-state index >= 15 is 0 Å². The number of carbonyl (C=O) groups excluding carboxylic acids is 2. The maximum absolute atomic E-state index is 12.2. The number of nitrogens with one attached hydrogen (secondary N) is 2. The van der Waals surface area contributed by atoms with Crippen molar-refractivity contribution in [3.8, 4) is 0 Å². The van der Waals surface area contributed by atoms with Gasteiger partial charge in [0.1, 0.15) is 5.54 Å². The molecule has 0 aromatic carbocycles. The molecule has 2 aliphatic heterocycles. The van der Waals surface area contributed by atoms with Crippen LogP contribution in [0.5, 0.6) is 0 Å². The number of nitrogens with zero attached hydrogens (tertiary/aromatic N) is 1. The Bertz CT molecular complexity index is 412. The van der Waals surface area contributed by atoms with Gasteiger partial charge < -0.3 is 20.6 Å². The van der Waals surface area contributed by atoms with Gasteiger partial charge in [0.05, 0.1) is 6.04 Å². The zero-order chi connectivity index (χ0) is 14.0. The van der Waals surface area contributed by atoms with Gasteiger partial charge in [-0.3, -0.25) is 4.79 Å². The number of aliphatic carboxylic acids is 1. The molecule has 2 saturated heterocycles. The molecule has 2 aliphatic rings. The second-order valence-corrected chi connectivity index (χ2v) is 5.34. The van der Waals surface area contributed by atoms with Crippen molar-refractivity contribution in [2.75, 3.05) is 13.1 Å². The van der Waals surface area contributed by atoms with Crippen molar-refractivity contribution in [2.24, 2.45) is 0 Å². The van der Waals surface area contributed by atoms with Crippen molar-refractivity contribution in [1.29, 1.82) is 0 Å². The van der Waals surface area contributed by atoms with Gasteiger partial charge in [-0.05, 0) is 26.2 Å². The Morgan fingerprint density at radius 2 is 2.21 bits per heavy atom. The molecule has 106 valence electrons. The van der Waals surface area contributed by atoms with Crippen LogP contribution in [0.15, 0.2) is 0 Å². The molecule has 2 rings (SSSR count). The lowest BCUT2D eigenvalue weighted by molar-refractivity contribution is -0.150. The van der Waals surface area contributed by atoms with Gasteiger partial charge >= 0.3 is 12.0 Å². The lowest BCUT2D eigenvalue weighted by Crippen LogP contribution is -2.61. The van der Waals surface area contributed by atoms with Gasteiger partial charge in [-0.2, -0.15) is 0 Å². The highest BCUT2D eigenvalue weighted by molar-refractivity contribution is 5.87. The largest absolute Gasteiger partial charge is 0.480 e. The van der Waals surface area contributed by atoms with Gasteiger partial charge in [-0.1, -0.05) is 0 Å². The molecule has 3 N–H and O–H groups in total. The Kier molecular flexibility index (Phi) is 3.64. The highest BCUT2D eigenvalue weighted by atomic mass is 16.4. The number of hydrogen-bond donors (Lipinski definition) is 3. The minimum atomic E-state index is -1.15.